The Kier molecular flexibility index (Phi) is 3.80. The molecule has 7 heteroatoms. The Bertz CT molecular complexity index is 848. The van der Waals surface area contributed by atoms with Crippen molar-refractivity contribution in [2.24, 2.45) is 0 Å². The first kappa shape index (κ1) is 14.3. The van der Waals surface area contributed by atoms with Gasteiger partial charge in [0.2, 0.25) is 5.82 Å². The number of hydrogen-bond donors (Lipinski definition) is 0. The van der Waals surface area contributed by atoms with E-state index in [9.17, 15) is 4.79 Å². The Balaban J connectivity index is 1.65. The molecule has 23 heavy (non-hydrogen) atoms. The molecule has 0 amide bonds. The molecular formula is C16H15N3O3S. The van der Waals surface area contributed by atoms with Crippen molar-refractivity contribution in [2.75, 3.05) is 6.61 Å². The maximum Gasteiger partial charge on any atom is 0.263 e. The molecule has 4 rings (SSSR count). The number of nitrogens with zero attached hydrogens (tertiary/aromatic N) is 3. The van der Waals surface area contributed by atoms with Crippen LogP contribution in [0.5, 0.6) is 0 Å². The number of ether oxygens (including phenoxy) is 1. The van der Waals surface area contributed by atoms with E-state index in [0.29, 0.717) is 17.9 Å². The van der Waals surface area contributed by atoms with Gasteiger partial charge in [0.15, 0.2) is 0 Å². The topological polar surface area (TPSA) is 70.2 Å². The average molecular weight is 329 g/mol. The highest BCUT2D eigenvalue weighted by atomic mass is 32.1. The maximum absolute atomic E-state index is 12.6. The Morgan fingerprint density at radius 3 is 3.13 bits per heavy atom. The molecule has 3 aromatic heterocycles. The highest BCUT2D eigenvalue weighted by Gasteiger charge is 2.19. The van der Waals surface area contributed by atoms with Gasteiger partial charge in [-0.2, -0.15) is 16.3 Å². The molecule has 0 bridgehead atoms. The van der Waals surface area contributed by atoms with Crippen molar-refractivity contribution in [1.82, 2.24) is 14.7 Å². The second-order valence-corrected chi connectivity index (χ2v) is 6.23. The van der Waals surface area contributed by atoms with Gasteiger partial charge in [0.25, 0.3) is 11.4 Å². The van der Waals surface area contributed by atoms with Gasteiger partial charge in [0.1, 0.15) is 5.56 Å². The molecule has 3 aromatic rings. The average Bonchev–Trinajstić information content (AvgIpc) is 3.31. The summed E-state index contributed by atoms with van der Waals surface area (Å²) in [6.07, 6.45) is 3.91. The van der Waals surface area contributed by atoms with Gasteiger partial charge in [-0.15, -0.1) is 0 Å². The van der Waals surface area contributed by atoms with Crippen LogP contribution in [0, 0.1) is 0 Å². The molecular weight excluding hydrogens is 314 g/mol. The molecule has 0 N–H and O–H groups in total. The van der Waals surface area contributed by atoms with E-state index in [2.05, 4.69) is 10.1 Å². The van der Waals surface area contributed by atoms with E-state index in [1.54, 1.807) is 28.2 Å². The Labute approximate surface area is 136 Å². The predicted molar refractivity (Wildman–Crippen MR) is 86.3 cm³/mol. The van der Waals surface area contributed by atoms with Crippen LogP contribution in [0.25, 0.3) is 22.8 Å². The molecule has 118 valence electrons. The van der Waals surface area contributed by atoms with E-state index in [1.165, 1.54) is 0 Å². The maximum atomic E-state index is 12.6. The fourth-order valence-corrected chi connectivity index (χ4v) is 3.33. The summed E-state index contributed by atoms with van der Waals surface area (Å²) >= 11 is 1.56. The number of thiophene rings is 1. The van der Waals surface area contributed by atoms with E-state index in [1.807, 2.05) is 22.9 Å². The zero-order chi connectivity index (χ0) is 15.6. The molecule has 0 radical (unpaired) electrons. The zero-order valence-electron chi connectivity index (χ0n) is 12.3. The van der Waals surface area contributed by atoms with Crippen molar-refractivity contribution in [3.05, 3.63) is 45.5 Å². The molecule has 1 fully saturated rings. The Hall–Kier alpha value is -2.25. The summed E-state index contributed by atoms with van der Waals surface area (Å²) in [4.78, 5) is 17.0. The second kappa shape index (κ2) is 6.10. The zero-order valence-corrected chi connectivity index (χ0v) is 13.2. The lowest BCUT2D eigenvalue weighted by atomic mass is 10.2. The number of aromatic nitrogens is 3. The summed E-state index contributed by atoms with van der Waals surface area (Å²) in [6.45, 7) is 1.32. The minimum absolute atomic E-state index is 0.104. The summed E-state index contributed by atoms with van der Waals surface area (Å²) in [5, 5.41) is 7.84. The third kappa shape index (κ3) is 2.85. The third-order valence-electron chi connectivity index (χ3n) is 3.88. The standard InChI is InChI=1S/C16H15N3O3S/c20-16-13(4-1-6-19(16)9-12-3-2-7-21-12)15-17-14(18-22-15)11-5-8-23-10-11/h1,4-6,8,10,12H,2-3,7,9H2/t12-/m1/s1. The van der Waals surface area contributed by atoms with Crippen LogP contribution in [-0.2, 0) is 11.3 Å². The SMILES string of the molecule is O=c1c(-c2nc(-c3ccsc3)no2)cccn1C[C@H]1CCCO1. The van der Waals surface area contributed by atoms with Crippen LogP contribution < -0.4 is 5.56 Å². The van der Waals surface area contributed by atoms with Crippen LogP contribution in [0.15, 0.2) is 44.5 Å². The molecule has 0 aromatic carbocycles. The lowest BCUT2D eigenvalue weighted by molar-refractivity contribution is 0.0962. The smallest absolute Gasteiger partial charge is 0.263 e. The van der Waals surface area contributed by atoms with Gasteiger partial charge in [-0.25, -0.2) is 0 Å². The first-order chi connectivity index (χ1) is 11.3. The number of pyridine rings is 1. The molecule has 6 nitrogen and oxygen atoms in total. The van der Waals surface area contributed by atoms with Crippen LogP contribution in [-0.4, -0.2) is 27.4 Å². The highest BCUT2D eigenvalue weighted by molar-refractivity contribution is 7.08. The van der Waals surface area contributed by atoms with Crippen molar-refractivity contribution >= 4 is 11.3 Å². The normalized spacial score (nSPS) is 17.7. The largest absolute Gasteiger partial charge is 0.376 e. The number of rotatable bonds is 4. The molecule has 0 aliphatic carbocycles. The lowest BCUT2D eigenvalue weighted by Gasteiger charge is -2.11. The van der Waals surface area contributed by atoms with Gasteiger partial charge in [-0.3, -0.25) is 4.79 Å². The van der Waals surface area contributed by atoms with Crippen molar-refractivity contribution in [2.45, 2.75) is 25.5 Å². The van der Waals surface area contributed by atoms with Gasteiger partial charge in [0, 0.05) is 23.7 Å². The van der Waals surface area contributed by atoms with Crippen LogP contribution in [0.2, 0.25) is 0 Å². The highest BCUT2D eigenvalue weighted by Crippen LogP contribution is 2.22. The molecule has 1 saturated heterocycles. The summed E-state index contributed by atoms with van der Waals surface area (Å²) in [5.74, 6) is 0.744. The van der Waals surface area contributed by atoms with Gasteiger partial charge in [-0.05, 0) is 36.4 Å². The van der Waals surface area contributed by atoms with Gasteiger partial charge < -0.3 is 13.8 Å². The summed E-state index contributed by atoms with van der Waals surface area (Å²) in [5.41, 5.74) is 1.17. The molecule has 1 aliphatic rings. The Morgan fingerprint density at radius 2 is 2.35 bits per heavy atom. The molecule has 4 heterocycles. The molecule has 1 atom stereocenters. The van der Waals surface area contributed by atoms with Crippen molar-refractivity contribution in [3.63, 3.8) is 0 Å². The summed E-state index contributed by atoms with van der Waals surface area (Å²) < 4.78 is 12.5. The molecule has 0 saturated carbocycles. The van der Waals surface area contributed by atoms with Crippen molar-refractivity contribution in [1.29, 1.82) is 0 Å². The van der Waals surface area contributed by atoms with Gasteiger partial charge in [-0.1, -0.05) is 5.16 Å². The van der Waals surface area contributed by atoms with Crippen LogP contribution >= 0.6 is 11.3 Å². The van der Waals surface area contributed by atoms with E-state index in [-0.39, 0.29) is 17.6 Å². The Morgan fingerprint density at radius 1 is 1.39 bits per heavy atom. The van der Waals surface area contributed by atoms with Gasteiger partial charge in [0.05, 0.1) is 12.6 Å². The van der Waals surface area contributed by atoms with E-state index in [4.69, 9.17) is 9.26 Å². The summed E-state index contributed by atoms with van der Waals surface area (Å²) in [6, 6.07) is 5.44. The number of hydrogen-bond acceptors (Lipinski definition) is 6. The fourth-order valence-electron chi connectivity index (χ4n) is 2.69. The third-order valence-corrected chi connectivity index (χ3v) is 4.56. The quantitative estimate of drug-likeness (QED) is 0.736. The van der Waals surface area contributed by atoms with E-state index < -0.39 is 0 Å². The predicted octanol–water partition coefficient (Wildman–Crippen LogP) is 2.81. The van der Waals surface area contributed by atoms with E-state index >= 15 is 0 Å². The van der Waals surface area contributed by atoms with E-state index in [0.717, 1.165) is 25.0 Å². The summed E-state index contributed by atoms with van der Waals surface area (Å²) in [7, 11) is 0. The molecule has 1 aliphatic heterocycles. The minimum Gasteiger partial charge on any atom is -0.376 e. The molecule has 0 spiro atoms. The van der Waals surface area contributed by atoms with Crippen LogP contribution in [0.1, 0.15) is 12.8 Å². The van der Waals surface area contributed by atoms with Crippen molar-refractivity contribution < 1.29 is 9.26 Å². The van der Waals surface area contributed by atoms with Crippen molar-refractivity contribution in [3.8, 4) is 22.8 Å². The van der Waals surface area contributed by atoms with Crippen LogP contribution in [0.4, 0.5) is 0 Å². The first-order valence-electron chi connectivity index (χ1n) is 7.49. The monoisotopic (exact) mass is 329 g/mol. The minimum atomic E-state index is -0.136. The molecule has 0 unspecified atom stereocenters. The lowest BCUT2D eigenvalue weighted by Crippen LogP contribution is -2.26. The first-order valence-corrected chi connectivity index (χ1v) is 8.43. The fraction of sp³-hybridized carbons (Fsp3) is 0.312. The van der Waals surface area contributed by atoms with Gasteiger partial charge >= 0.3 is 0 Å². The second-order valence-electron chi connectivity index (χ2n) is 5.45. The van der Waals surface area contributed by atoms with Crippen LogP contribution in [0.3, 0.4) is 0 Å².